The van der Waals surface area contributed by atoms with E-state index < -0.39 is 0 Å². The third-order valence-corrected chi connectivity index (χ3v) is 5.98. The summed E-state index contributed by atoms with van der Waals surface area (Å²) in [5, 5.41) is 9.61. The molecule has 25 heavy (non-hydrogen) atoms. The Hall–Kier alpha value is -1.63. The monoisotopic (exact) mass is 376 g/mol. The number of methoxy groups -OCH3 is 1. The molecule has 0 radical (unpaired) electrons. The summed E-state index contributed by atoms with van der Waals surface area (Å²) in [4.78, 5) is 3.12. The molecule has 2 heterocycles. The minimum Gasteiger partial charge on any atom is -0.497 e. The first-order valence-electron chi connectivity index (χ1n) is 8.79. The Labute approximate surface area is 159 Å². The highest BCUT2D eigenvalue weighted by Gasteiger charge is 2.28. The number of benzene rings is 1. The standard InChI is InChI=1S/C19H25N3OS2/c1-23-16-8-6-15(7-9-16)13-20-19(24)21-14-17(18-5-4-12-25-18)22-10-2-3-11-22/h4-9,12,17H,2-3,10-11,13-14H2,1H3,(H2,20,21,24)/p+1/t17-/m1/s1. The van der Waals surface area contributed by atoms with Gasteiger partial charge in [0.05, 0.1) is 31.6 Å². The molecule has 1 atom stereocenters. The summed E-state index contributed by atoms with van der Waals surface area (Å²) in [5.41, 5.74) is 1.19. The molecule has 4 nitrogen and oxygen atoms in total. The van der Waals surface area contributed by atoms with E-state index in [-0.39, 0.29) is 0 Å². The molecule has 0 amide bonds. The SMILES string of the molecule is COc1ccc(CNC(=S)NC[C@H](c2cccs2)[NH+]2CCCC2)cc1. The van der Waals surface area contributed by atoms with Crippen LogP contribution in [-0.2, 0) is 6.54 Å². The number of thiophene rings is 1. The largest absolute Gasteiger partial charge is 0.497 e. The van der Waals surface area contributed by atoms with E-state index in [0.717, 1.165) is 24.0 Å². The van der Waals surface area contributed by atoms with Gasteiger partial charge < -0.3 is 20.3 Å². The normalized spacial score (nSPS) is 15.7. The van der Waals surface area contributed by atoms with Gasteiger partial charge in [-0.2, -0.15) is 0 Å². The maximum absolute atomic E-state index is 5.47. The highest BCUT2D eigenvalue weighted by atomic mass is 32.1. The van der Waals surface area contributed by atoms with Crippen LogP contribution < -0.4 is 20.3 Å². The fourth-order valence-electron chi connectivity index (χ4n) is 3.30. The molecule has 0 saturated carbocycles. The summed E-state index contributed by atoms with van der Waals surface area (Å²) >= 11 is 7.32. The van der Waals surface area contributed by atoms with Gasteiger partial charge in [-0.1, -0.05) is 18.2 Å². The first kappa shape index (κ1) is 18.2. The van der Waals surface area contributed by atoms with Crippen LogP contribution in [0.4, 0.5) is 0 Å². The minimum atomic E-state index is 0.489. The van der Waals surface area contributed by atoms with Gasteiger partial charge in [0.15, 0.2) is 5.11 Å². The number of rotatable bonds is 7. The van der Waals surface area contributed by atoms with Gasteiger partial charge >= 0.3 is 0 Å². The van der Waals surface area contributed by atoms with Crippen LogP contribution in [0.1, 0.15) is 29.3 Å². The lowest BCUT2D eigenvalue weighted by molar-refractivity contribution is -0.918. The molecule has 3 N–H and O–H groups in total. The van der Waals surface area contributed by atoms with Crippen molar-refractivity contribution in [3.63, 3.8) is 0 Å². The maximum Gasteiger partial charge on any atom is 0.166 e. The van der Waals surface area contributed by atoms with Crippen LogP contribution in [0, 0.1) is 0 Å². The Morgan fingerprint density at radius 1 is 1.20 bits per heavy atom. The van der Waals surface area contributed by atoms with Gasteiger partial charge in [0.2, 0.25) is 0 Å². The first-order chi connectivity index (χ1) is 12.3. The van der Waals surface area contributed by atoms with Gasteiger partial charge in [0.1, 0.15) is 11.8 Å². The van der Waals surface area contributed by atoms with Gasteiger partial charge in [-0.05, 0) is 41.4 Å². The Balaban J connectivity index is 1.49. The number of thiocarbonyl (C=S) groups is 1. The topological polar surface area (TPSA) is 37.7 Å². The van der Waals surface area contributed by atoms with Crippen molar-refractivity contribution in [1.29, 1.82) is 0 Å². The molecule has 1 aliphatic rings. The second kappa shape index (κ2) is 9.17. The molecule has 1 fully saturated rings. The van der Waals surface area contributed by atoms with Gasteiger partial charge in [-0.15, -0.1) is 11.3 Å². The van der Waals surface area contributed by atoms with Gasteiger partial charge in [-0.25, -0.2) is 0 Å². The molecule has 134 valence electrons. The van der Waals surface area contributed by atoms with Crippen molar-refractivity contribution in [2.45, 2.75) is 25.4 Å². The fraction of sp³-hybridized carbons (Fsp3) is 0.421. The number of nitrogens with one attached hydrogen (secondary N) is 3. The van der Waals surface area contributed by atoms with Crippen molar-refractivity contribution in [1.82, 2.24) is 10.6 Å². The van der Waals surface area contributed by atoms with Crippen molar-refractivity contribution in [3.8, 4) is 5.75 Å². The van der Waals surface area contributed by atoms with E-state index in [9.17, 15) is 0 Å². The highest BCUT2D eigenvalue weighted by molar-refractivity contribution is 7.80. The zero-order valence-electron chi connectivity index (χ0n) is 14.6. The number of likely N-dealkylation sites (tertiary alicyclic amines) is 1. The molecule has 0 aliphatic carbocycles. The second-order valence-electron chi connectivity index (χ2n) is 6.35. The summed E-state index contributed by atoms with van der Waals surface area (Å²) in [5.74, 6) is 0.872. The van der Waals surface area contributed by atoms with E-state index in [4.69, 9.17) is 17.0 Å². The Bertz CT molecular complexity index is 652. The van der Waals surface area contributed by atoms with Gasteiger partial charge in [0.25, 0.3) is 0 Å². The molecular weight excluding hydrogens is 350 g/mol. The predicted octanol–water partition coefficient (Wildman–Crippen LogP) is 2.14. The van der Waals surface area contributed by atoms with E-state index in [2.05, 4.69) is 40.3 Å². The Kier molecular flexibility index (Phi) is 6.67. The molecule has 0 spiro atoms. The molecule has 6 heteroatoms. The first-order valence-corrected chi connectivity index (χ1v) is 10.1. The van der Waals surface area contributed by atoms with E-state index in [1.165, 1.54) is 36.4 Å². The van der Waals surface area contributed by atoms with Crippen LogP contribution in [-0.4, -0.2) is 31.9 Å². The molecule has 0 unspecified atom stereocenters. The smallest absolute Gasteiger partial charge is 0.166 e. The zero-order valence-corrected chi connectivity index (χ0v) is 16.2. The van der Waals surface area contributed by atoms with Crippen LogP contribution in [0.3, 0.4) is 0 Å². The van der Waals surface area contributed by atoms with Crippen molar-refractivity contribution in [3.05, 3.63) is 52.2 Å². The number of ether oxygens (including phenoxy) is 1. The van der Waals surface area contributed by atoms with Crippen molar-refractivity contribution in [2.24, 2.45) is 0 Å². The average Bonchev–Trinajstić information content (AvgIpc) is 3.35. The Morgan fingerprint density at radius 2 is 1.96 bits per heavy atom. The van der Waals surface area contributed by atoms with Crippen LogP contribution in [0.25, 0.3) is 0 Å². The van der Waals surface area contributed by atoms with Crippen molar-refractivity contribution < 1.29 is 9.64 Å². The van der Waals surface area contributed by atoms with E-state index in [0.29, 0.717) is 6.04 Å². The maximum atomic E-state index is 5.47. The van der Waals surface area contributed by atoms with E-state index in [1.54, 1.807) is 12.0 Å². The number of quaternary nitrogens is 1. The second-order valence-corrected chi connectivity index (χ2v) is 7.73. The van der Waals surface area contributed by atoms with Crippen LogP contribution >= 0.6 is 23.6 Å². The molecule has 1 saturated heterocycles. The third-order valence-electron chi connectivity index (χ3n) is 4.70. The van der Waals surface area contributed by atoms with Gasteiger partial charge in [-0.3, -0.25) is 0 Å². The van der Waals surface area contributed by atoms with Crippen LogP contribution in [0.5, 0.6) is 5.75 Å². The highest BCUT2D eigenvalue weighted by Crippen LogP contribution is 2.17. The summed E-state index contributed by atoms with van der Waals surface area (Å²) < 4.78 is 5.18. The minimum absolute atomic E-state index is 0.489. The average molecular weight is 377 g/mol. The van der Waals surface area contributed by atoms with E-state index in [1.807, 2.05) is 23.5 Å². The number of hydrogen-bond donors (Lipinski definition) is 3. The lowest BCUT2D eigenvalue weighted by atomic mass is 10.2. The van der Waals surface area contributed by atoms with E-state index >= 15 is 0 Å². The summed E-state index contributed by atoms with van der Waals surface area (Å²) in [6.07, 6.45) is 2.66. The lowest BCUT2D eigenvalue weighted by Crippen LogP contribution is -3.11. The van der Waals surface area contributed by atoms with Crippen LogP contribution in [0.15, 0.2) is 41.8 Å². The van der Waals surface area contributed by atoms with Gasteiger partial charge in [0, 0.05) is 19.4 Å². The van der Waals surface area contributed by atoms with Crippen molar-refractivity contribution >= 4 is 28.7 Å². The zero-order chi connectivity index (χ0) is 17.5. The summed E-state index contributed by atoms with van der Waals surface area (Å²) in [7, 11) is 1.68. The summed E-state index contributed by atoms with van der Waals surface area (Å²) in [6.45, 7) is 4.12. The predicted molar refractivity (Wildman–Crippen MR) is 107 cm³/mol. The Morgan fingerprint density at radius 3 is 2.60 bits per heavy atom. The fourth-order valence-corrected chi connectivity index (χ4v) is 4.34. The van der Waals surface area contributed by atoms with Crippen LogP contribution in [0.2, 0.25) is 0 Å². The lowest BCUT2D eigenvalue weighted by Gasteiger charge is -2.24. The molecule has 2 aromatic rings. The molecule has 0 bridgehead atoms. The van der Waals surface area contributed by atoms with Crippen molar-refractivity contribution in [2.75, 3.05) is 26.7 Å². The summed E-state index contributed by atoms with van der Waals surface area (Å²) in [6, 6.07) is 12.9. The third kappa shape index (κ3) is 5.17. The number of hydrogen-bond acceptors (Lipinski definition) is 3. The quantitative estimate of drug-likeness (QED) is 0.648. The molecule has 1 aliphatic heterocycles. The molecular formula is C19H26N3OS2+. The molecule has 1 aromatic carbocycles. The molecule has 1 aromatic heterocycles. The molecule has 3 rings (SSSR count).